The standard InChI is InChI=1S/C16H17N3O2/c1-9(15(20)19-16(17)21)18-13-8-7-11-6-5-10-3-2-4-12(13)14(10)11/h2-4,7-9,18H,5-6H2,1H3,(H3,17,19,20,21)/t9-/m0/s1. The van der Waals surface area contributed by atoms with E-state index in [0.29, 0.717) is 0 Å². The molecule has 0 saturated heterocycles. The van der Waals surface area contributed by atoms with Crippen molar-refractivity contribution in [2.45, 2.75) is 25.8 Å². The molecule has 108 valence electrons. The van der Waals surface area contributed by atoms with Crippen LogP contribution < -0.4 is 16.4 Å². The van der Waals surface area contributed by atoms with Crippen LogP contribution in [0.5, 0.6) is 0 Å². The lowest BCUT2D eigenvalue weighted by atomic mass is 10.0. The fourth-order valence-corrected chi connectivity index (χ4v) is 2.90. The Balaban J connectivity index is 1.92. The van der Waals surface area contributed by atoms with Crippen molar-refractivity contribution >= 4 is 28.4 Å². The molecule has 3 rings (SSSR count). The third kappa shape index (κ3) is 2.42. The summed E-state index contributed by atoms with van der Waals surface area (Å²) >= 11 is 0. The number of hydrogen-bond acceptors (Lipinski definition) is 3. The number of amides is 3. The molecule has 3 amide bonds. The summed E-state index contributed by atoms with van der Waals surface area (Å²) in [6, 6.07) is 8.93. The van der Waals surface area contributed by atoms with E-state index in [-0.39, 0.29) is 0 Å². The normalized spacial score (nSPS) is 14.0. The Bertz CT molecular complexity index is 729. The highest BCUT2D eigenvalue weighted by Gasteiger charge is 2.18. The molecule has 0 unspecified atom stereocenters. The van der Waals surface area contributed by atoms with E-state index < -0.39 is 18.0 Å². The number of rotatable bonds is 3. The van der Waals surface area contributed by atoms with E-state index in [1.807, 2.05) is 12.1 Å². The lowest BCUT2D eigenvalue weighted by Gasteiger charge is -2.16. The van der Waals surface area contributed by atoms with Crippen molar-refractivity contribution in [2.24, 2.45) is 5.73 Å². The Labute approximate surface area is 122 Å². The number of carbonyl (C=O) groups excluding carboxylic acids is 2. The number of hydrogen-bond donors (Lipinski definition) is 3. The van der Waals surface area contributed by atoms with Crippen molar-refractivity contribution in [2.75, 3.05) is 5.32 Å². The summed E-state index contributed by atoms with van der Waals surface area (Å²) in [4.78, 5) is 22.5. The summed E-state index contributed by atoms with van der Waals surface area (Å²) in [5.41, 5.74) is 8.55. The van der Waals surface area contributed by atoms with Crippen molar-refractivity contribution < 1.29 is 9.59 Å². The van der Waals surface area contributed by atoms with Crippen molar-refractivity contribution in [1.29, 1.82) is 0 Å². The van der Waals surface area contributed by atoms with Gasteiger partial charge < -0.3 is 11.1 Å². The van der Waals surface area contributed by atoms with Gasteiger partial charge in [0.1, 0.15) is 6.04 Å². The molecule has 21 heavy (non-hydrogen) atoms. The maximum atomic E-state index is 11.8. The molecular formula is C16H17N3O2. The first kappa shape index (κ1) is 13.4. The lowest BCUT2D eigenvalue weighted by Crippen LogP contribution is -2.43. The highest BCUT2D eigenvalue weighted by molar-refractivity contribution is 6.02. The first-order chi connectivity index (χ1) is 10.1. The van der Waals surface area contributed by atoms with E-state index in [1.54, 1.807) is 6.92 Å². The SMILES string of the molecule is C[C@H](Nc1ccc2c3c(cccc13)CC2)C(=O)NC(N)=O. The molecule has 5 heteroatoms. The summed E-state index contributed by atoms with van der Waals surface area (Å²) in [7, 11) is 0. The van der Waals surface area contributed by atoms with Crippen LogP contribution in [0.4, 0.5) is 10.5 Å². The van der Waals surface area contributed by atoms with E-state index in [1.165, 1.54) is 16.5 Å². The maximum Gasteiger partial charge on any atom is 0.318 e. The minimum Gasteiger partial charge on any atom is -0.373 e. The number of anilines is 1. The lowest BCUT2D eigenvalue weighted by molar-refractivity contribution is -0.120. The Morgan fingerprint density at radius 3 is 2.57 bits per heavy atom. The highest BCUT2D eigenvalue weighted by atomic mass is 16.2. The molecule has 0 spiro atoms. The zero-order valence-corrected chi connectivity index (χ0v) is 11.8. The number of aryl methyl sites for hydroxylation is 2. The minimum absolute atomic E-state index is 0.439. The molecule has 0 bridgehead atoms. The van der Waals surface area contributed by atoms with E-state index in [4.69, 9.17) is 5.73 Å². The van der Waals surface area contributed by atoms with Gasteiger partial charge in [-0.15, -0.1) is 0 Å². The largest absolute Gasteiger partial charge is 0.373 e. The fraction of sp³-hybridized carbons (Fsp3) is 0.250. The van der Waals surface area contributed by atoms with Gasteiger partial charge in [-0.25, -0.2) is 4.79 Å². The number of carbonyl (C=O) groups is 2. The van der Waals surface area contributed by atoms with Crippen LogP contribution in [0.2, 0.25) is 0 Å². The Morgan fingerprint density at radius 1 is 1.14 bits per heavy atom. The summed E-state index contributed by atoms with van der Waals surface area (Å²) in [6.45, 7) is 1.70. The van der Waals surface area contributed by atoms with Crippen LogP contribution in [0.3, 0.4) is 0 Å². The van der Waals surface area contributed by atoms with Gasteiger partial charge in [-0.1, -0.05) is 24.3 Å². The van der Waals surface area contributed by atoms with Crippen LogP contribution in [-0.2, 0) is 17.6 Å². The number of benzene rings is 2. The molecule has 0 aliphatic heterocycles. The van der Waals surface area contributed by atoms with Gasteiger partial charge in [0.2, 0.25) is 5.91 Å². The average molecular weight is 283 g/mol. The molecule has 0 saturated carbocycles. The van der Waals surface area contributed by atoms with E-state index in [2.05, 4.69) is 28.8 Å². The zero-order chi connectivity index (χ0) is 15.0. The molecular weight excluding hydrogens is 266 g/mol. The first-order valence-electron chi connectivity index (χ1n) is 6.96. The van der Waals surface area contributed by atoms with E-state index >= 15 is 0 Å². The predicted molar refractivity (Wildman–Crippen MR) is 82.2 cm³/mol. The number of nitrogens with one attached hydrogen (secondary N) is 2. The summed E-state index contributed by atoms with van der Waals surface area (Å²) in [5, 5.41) is 7.63. The quantitative estimate of drug-likeness (QED) is 0.804. The van der Waals surface area contributed by atoms with Crippen LogP contribution in [0.25, 0.3) is 10.8 Å². The van der Waals surface area contributed by atoms with Gasteiger partial charge in [-0.3, -0.25) is 10.1 Å². The molecule has 0 aromatic heterocycles. The van der Waals surface area contributed by atoms with Crippen LogP contribution in [-0.4, -0.2) is 18.0 Å². The van der Waals surface area contributed by atoms with Gasteiger partial charge in [0, 0.05) is 11.1 Å². The smallest absolute Gasteiger partial charge is 0.318 e. The second-order valence-corrected chi connectivity index (χ2v) is 5.33. The Morgan fingerprint density at radius 2 is 1.86 bits per heavy atom. The molecule has 5 nitrogen and oxygen atoms in total. The Hall–Kier alpha value is -2.56. The number of urea groups is 1. The van der Waals surface area contributed by atoms with Gasteiger partial charge in [0.15, 0.2) is 0 Å². The van der Waals surface area contributed by atoms with Crippen molar-refractivity contribution in [3.8, 4) is 0 Å². The van der Waals surface area contributed by atoms with Gasteiger partial charge >= 0.3 is 6.03 Å². The molecule has 0 heterocycles. The van der Waals surface area contributed by atoms with Crippen molar-refractivity contribution in [3.05, 3.63) is 41.5 Å². The van der Waals surface area contributed by atoms with E-state index in [0.717, 1.165) is 23.9 Å². The van der Waals surface area contributed by atoms with E-state index in [9.17, 15) is 9.59 Å². The molecule has 0 radical (unpaired) electrons. The predicted octanol–water partition coefficient (Wildman–Crippen LogP) is 1.93. The Kier molecular flexibility index (Phi) is 3.25. The van der Waals surface area contributed by atoms with Gasteiger partial charge in [-0.05, 0) is 42.3 Å². The highest BCUT2D eigenvalue weighted by Crippen LogP contribution is 2.35. The monoisotopic (exact) mass is 283 g/mol. The molecule has 1 aliphatic carbocycles. The van der Waals surface area contributed by atoms with Crippen LogP contribution in [0.1, 0.15) is 18.1 Å². The third-order valence-corrected chi connectivity index (χ3v) is 3.89. The number of primary amides is 1. The molecule has 2 aromatic rings. The van der Waals surface area contributed by atoms with Crippen molar-refractivity contribution in [3.63, 3.8) is 0 Å². The summed E-state index contributed by atoms with van der Waals surface area (Å²) < 4.78 is 0. The number of nitrogens with two attached hydrogens (primary N) is 1. The van der Waals surface area contributed by atoms with Gasteiger partial charge in [0.05, 0.1) is 0 Å². The molecule has 1 atom stereocenters. The number of imide groups is 1. The topological polar surface area (TPSA) is 84.2 Å². The molecule has 1 aliphatic rings. The first-order valence-corrected chi connectivity index (χ1v) is 6.96. The van der Waals surface area contributed by atoms with Gasteiger partial charge in [-0.2, -0.15) is 0 Å². The van der Waals surface area contributed by atoms with Crippen LogP contribution in [0.15, 0.2) is 30.3 Å². The average Bonchev–Trinajstić information content (AvgIpc) is 2.86. The van der Waals surface area contributed by atoms with Crippen molar-refractivity contribution in [1.82, 2.24) is 5.32 Å². The maximum absolute atomic E-state index is 11.8. The third-order valence-electron chi connectivity index (χ3n) is 3.89. The minimum atomic E-state index is -0.839. The molecule has 4 N–H and O–H groups in total. The summed E-state index contributed by atoms with van der Waals surface area (Å²) in [6.07, 6.45) is 2.13. The fourth-order valence-electron chi connectivity index (χ4n) is 2.90. The molecule has 0 fully saturated rings. The second kappa shape index (κ2) is 5.09. The zero-order valence-electron chi connectivity index (χ0n) is 11.8. The second-order valence-electron chi connectivity index (χ2n) is 5.33. The summed E-state index contributed by atoms with van der Waals surface area (Å²) in [5.74, 6) is -0.439. The molecule has 2 aromatic carbocycles. The van der Waals surface area contributed by atoms with Crippen LogP contribution >= 0.6 is 0 Å². The van der Waals surface area contributed by atoms with Crippen LogP contribution in [0, 0.1) is 0 Å². The van der Waals surface area contributed by atoms with Gasteiger partial charge in [0.25, 0.3) is 0 Å².